The van der Waals surface area contributed by atoms with Gasteiger partial charge in [-0.3, -0.25) is 9.69 Å². The highest BCUT2D eigenvalue weighted by molar-refractivity contribution is 7.89. The second-order valence-electron chi connectivity index (χ2n) is 8.34. The fraction of sp³-hybridized carbons (Fsp3) is 0.458. The van der Waals surface area contributed by atoms with Crippen molar-refractivity contribution >= 4 is 21.6 Å². The van der Waals surface area contributed by atoms with Crippen molar-refractivity contribution in [2.75, 3.05) is 31.5 Å². The number of sulfonamides is 1. The average molecular weight is 462 g/mol. The molecule has 0 radical (unpaired) electrons. The summed E-state index contributed by atoms with van der Waals surface area (Å²) < 4.78 is 41.1. The summed E-state index contributed by atoms with van der Waals surface area (Å²) in [4.78, 5) is 15.0. The normalized spacial score (nSPS) is 15.8. The molecule has 1 aliphatic heterocycles. The van der Waals surface area contributed by atoms with Gasteiger partial charge in [-0.25, -0.2) is 12.8 Å². The van der Waals surface area contributed by atoms with E-state index in [2.05, 4.69) is 17.1 Å². The van der Waals surface area contributed by atoms with Crippen molar-refractivity contribution in [3.05, 3.63) is 59.4 Å². The molecule has 1 fully saturated rings. The number of nitrogens with one attached hydrogen (secondary N) is 1. The molecule has 0 aliphatic carbocycles. The minimum absolute atomic E-state index is 0.0982. The Hall–Kier alpha value is -2.29. The maximum absolute atomic E-state index is 14.4. The number of anilines is 1. The van der Waals surface area contributed by atoms with Crippen LogP contribution in [0.25, 0.3) is 0 Å². The molecule has 1 aliphatic rings. The van der Waals surface area contributed by atoms with E-state index in [0.717, 1.165) is 43.2 Å². The summed E-state index contributed by atoms with van der Waals surface area (Å²) in [5.74, 6) is -0.668. The highest BCUT2D eigenvalue weighted by atomic mass is 32.2. The molecule has 174 valence electrons. The SMILES string of the molecule is CCN(CC)S(=O)(=O)c1ccc(F)c(C(=O)Nc2ccc(CN3CCC(C)CC3)cc2)c1. The van der Waals surface area contributed by atoms with Crippen LogP contribution in [0, 0.1) is 11.7 Å². The van der Waals surface area contributed by atoms with E-state index >= 15 is 0 Å². The van der Waals surface area contributed by atoms with Gasteiger partial charge in [0.15, 0.2) is 0 Å². The lowest BCUT2D eigenvalue weighted by Gasteiger charge is -2.30. The van der Waals surface area contributed by atoms with Crippen LogP contribution in [-0.4, -0.2) is 49.7 Å². The number of carbonyl (C=O) groups excluding carboxylic acids is 1. The minimum Gasteiger partial charge on any atom is -0.322 e. The molecule has 1 saturated heterocycles. The fourth-order valence-electron chi connectivity index (χ4n) is 3.92. The third-order valence-electron chi connectivity index (χ3n) is 6.02. The lowest BCUT2D eigenvalue weighted by molar-refractivity contribution is 0.102. The number of rotatable bonds is 8. The van der Waals surface area contributed by atoms with E-state index in [4.69, 9.17) is 0 Å². The maximum atomic E-state index is 14.4. The van der Waals surface area contributed by atoms with Gasteiger partial charge in [-0.05, 0) is 67.7 Å². The van der Waals surface area contributed by atoms with Crippen LogP contribution in [-0.2, 0) is 16.6 Å². The summed E-state index contributed by atoms with van der Waals surface area (Å²) in [6, 6.07) is 10.8. The third kappa shape index (κ3) is 5.74. The first-order chi connectivity index (χ1) is 15.2. The zero-order chi connectivity index (χ0) is 23.3. The van der Waals surface area contributed by atoms with Crippen LogP contribution in [0.4, 0.5) is 10.1 Å². The maximum Gasteiger partial charge on any atom is 0.258 e. The number of benzene rings is 2. The Morgan fingerprint density at radius 3 is 2.31 bits per heavy atom. The van der Waals surface area contributed by atoms with E-state index in [1.807, 2.05) is 12.1 Å². The number of hydrogen-bond acceptors (Lipinski definition) is 4. The lowest BCUT2D eigenvalue weighted by atomic mass is 9.99. The van der Waals surface area contributed by atoms with Crippen molar-refractivity contribution in [2.24, 2.45) is 5.92 Å². The summed E-state index contributed by atoms with van der Waals surface area (Å²) in [6.07, 6.45) is 2.42. The van der Waals surface area contributed by atoms with Gasteiger partial charge < -0.3 is 5.32 Å². The lowest BCUT2D eigenvalue weighted by Crippen LogP contribution is -2.32. The van der Waals surface area contributed by atoms with E-state index < -0.39 is 21.7 Å². The molecular weight excluding hydrogens is 429 g/mol. The molecule has 0 unspecified atom stereocenters. The molecule has 0 aromatic heterocycles. The Morgan fingerprint density at radius 2 is 1.72 bits per heavy atom. The molecule has 3 rings (SSSR count). The number of carbonyl (C=O) groups is 1. The highest BCUT2D eigenvalue weighted by Crippen LogP contribution is 2.22. The van der Waals surface area contributed by atoms with Crippen molar-refractivity contribution in [3.63, 3.8) is 0 Å². The summed E-state index contributed by atoms with van der Waals surface area (Å²) in [5.41, 5.74) is 1.38. The standard InChI is InChI=1S/C24H32FN3O3S/c1-4-28(5-2)32(30,31)21-10-11-23(25)22(16-21)24(29)26-20-8-6-19(7-9-20)17-27-14-12-18(3)13-15-27/h6-11,16,18H,4-5,12-15,17H2,1-3H3,(H,26,29). The Morgan fingerprint density at radius 1 is 1.09 bits per heavy atom. The molecule has 1 N–H and O–H groups in total. The highest BCUT2D eigenvalue weighted by Gasteiger charge is 2.24. The molecule has 6 nitrogen and oxygen atoms in total. The smallest absolute Gasteiger partial charge is 0.258 e. The van der Waals surface area contributed by atoms with Crippen molar-refractivity contribution in [1.82, 2.24) is 9.21 Å². The van der Waals surface area contributed by atoms with E-state index in [1.165, 1.54) is 23.2 Å². The molecule has 0 bridgehead atoms. The molecule has 0 atom stereocenters. The quantitative estimate of drug-likeness (QED) is 0.635. The van der Waals surface area contributed by atoms with Crippen LogP contribution in [0.2, 0.25) is 0 Å². The van der Waals surface area contributed by atoms with E-state index in [0.29, 0.717) is 18.8 Å². The van der Waals surface area contributed by atoms with Crippen LogP contribution < -0.4 is 5.32 Å². The number of nitrogens with zero attached hydrogens (tertiary/aromatic N) is 2. The van der Waals surface area contributed by atoms with Crippen molar-refractivity contribution in [2.45, 2.75) is 45.1 Å². The number of amides is 1. The Kier molecular flexibility index (Phi) is 8.03. The van der Waals surface area contributed by atoms with Crippen molar-refractivity contribution in [3.8, 4) is 0 Å². The zero-order valence-corrected chi connectivity index (χ0v) is 19.8. The monoisotopic (exact) mass is 461 g/mol. The molecule has 1 heterocycles. The van der Waals surface area contributed by atoms with E-state index in [9.17, 15) is 17.6 Å². The van der Waals surface area contributed by atoms with Crippen LogP contribution in [0.1, 0.15) is 49.5 Å². The first-order valence-electron chi connectivity index (χ1n) is 11.2. The molecule has 32 heavy (non-hydrogen) atoms. The number of piperidine rings is 1. The summed E-state index contributed by atoms with van der Waals surface area (Å²) >= 11 is 0. The second-order valence-corrected chi connectivity index (χ2v) is 10.3. The average Bonchev–Trinajstić information content (AvgIpc) is 2.77. The predicted molar refractivity (Wildman–Crippen MR) is 125 cm³/mol. The van der Waals surface area contributed by atoms with Crippen LogP contribution in [0.3, 0.4) is 0 Å². The van der Waals surface area contributed by atoms with Gasteiger partial charge in [-0.1, -0.05) is 32.9 Å². The van der Waals surface area contributed by atoms with Crippen LogP contribution in [0.5, 0.6) is 0 Å². The van der Waals surface area contributed by atoms with E-state index in [1.54, 1.807) is 26.0 Å². The molecule has 0 spiro atoms. The predicted octanol–water partition coefficient (Wildman–Crippen LogP) is 4.34. The third-order valence-corrected chi connectivity index (χ3v) is 8.07. The molecule has 0 saturated carbocycles. The number of hydrogen-bond donors (Lipinski definition) is 1. The molecule has 1 amide bonds. The van der Waals surface area contributed by atoms with Crippen LogP contribution in [0.15, 0.2) is 47.4 Å². The van der Waals surface area contributed by atoms with E-state index in [-0.39, 0.29) is 10.5 Å². The summed E-state index contributed by atoms with van der Waals surface area (Å²) in [5, 5.41) is 2.67. The van der Waals surface area contributed by atoms with Gasteiger partial charge >= 0.3 is 0 Å². The van der Waals surface area contributed by atoms with Gasteiger partial charge in [-0.15, -0.1) is 0 Å². The van der Waals surface area contributed by atoms with Crippen molar-refractivity contribution in [1.29, 1.82) is 0 Å². The van der Waals surface area contributed by atoms with Gasteiger partial charge in [0.05, 0.1) is 10.5 Å². The van der Waals surface area contributed by atoms with Gasteiger partial charge in [0.2, 0.25) is 10.0 Å². The van der Waals surface area contributed by atoms with Gasteiger partial charge in [0, 0.05) is 25.3 Å². The minimum atomic E-state index is -3.79. The first-order valence-corrected chi connectivity index (χ1v) is 12.6. The van der Waals surface area contributed by atoms with Crippen LogP contribution >= 0.6 is 0 Å². The van der Waals surface area contributed by atoms with Gasteiger partial charge in [0.1, 0.15) is 5.82 Å². The topological polar surface area (TPSA) is 69.7 Å². The summed E-state index contributed by atoms with van der Waals surface area (Å²) in [7, 11) is -3.79. The fourth-order valence-corrected chi connectivity index (χ4v) is 5.41. The number of likely N-dealkylation sites (tertiary alicyclic amines) is 1. The molecule has 2 aromatic carbocycles. The molecule has 8 heteroatoms. The Labute approximate surface area is 190 Å². The van der Waals surface area contributed by atoms with Gasteiger partial charge in [0.25, 0.3) is 5.91 Å². The summed E-state index contributed by atoms with van der Waals surface area (Å²) in [6.45, 7) is 9.37. The Bertz CT molecular complexity index is 1030. The largest absolute Gasteiger partial charge is 0.322 e. The molecular formula is C24H32FN3O3S. The second kappa shape index (κ2) is 10.6. The van der Waals surface area contributed by atoms with Gasteiger partial charge in [-0.2, -0.15) is 4.31 Å². The molecule has 2 aromatic rings. The Balaban J connectivity index is 1.70. The number of halogens is 1. The van der Waals surface area contributed by atoms with Crippen molar-refractivity contribution < 1.29 is 17.6 Å². The zero-order valence-electron chi connectivity index (χ0n) is 19.0. The first kappa shape index (κ1) is 24.4.